The first-order chi connectivity index (χ1) is 15.0. The van der Waals surface area contributed by atoms with Crippen LogP contribution in [-0.2, 0) is 17.9 Å². The van der Waals surface area contributed by atoms with Crippen LogP contribution in [0.5, 0.6) is 0 Å². The number of nitrogens with one attached hydrogen (secondary N) is 3. The average molecular weight is 440 g/mol. The van der Waals surface area contributed by atoms with Crippen LogP contribution in [0.3, 0.4) is 0 Å². The van der Waals surface area contributed by atoms with Crippen LogP contribution < -0.4 is 16.2 Å². The third-order valence-electron chi connectivity index (χ3n) is 5.61. The van der Waals surface area contributed by atoms with E-state index in [-0.39, 0.29) is 24.0 Å². The van der Waals surface area contributed by atoms with Crippen LogP contribution in [0.2, 0.25) is 0 Å². The summed E-state index contributed by atoms with van der Waals surface area (Å²) in [6.45, 7) is 0.549. The van der Waals surface area contributed by atoms with E-state index in [0.717, 1.165) is 18.4 Å². The molecule has 3 N–H and O–H groups in total. The molecule has 3 aromatic rings. The van der Waals surface area contributed by atoms with Crippen LogP contribution >= 0.6 is 11.3 Å². The molecule has 0 unspecified atom stereocenters. The highest BCUT2D eigenvalue weighted by Crippen LogP contribution is 2.31. The van der Waals surface area contributed by atoms with E-state index in [1.165, 1.54) is 16.2 Å². The lowest BCUT2D eigenvalue weighted by Crippen LogP contribution is -2.59. The van der Waals surface area contributed by atoms with Crippen molar-refractivity contribution in [1.82, 2.24) is 25.5 Å². The van der Waals surface area contributed by atoms with Crippen LogP contribution in [0.25, 0.3) is 10.2 Å². The highest BCUT2D eigenvalue weighted by atomic mass is 32.1. The van der Waals surface area contributed by atoms with Crippen LogP contribution in [0.4, 0.5) is 4.79 Å². The number of carbonyl (C=O) groups excluding carboxylic acids is 2. The second kappa shape index (κ2) is 8.89. The summed E-state index contributed by atoms with van der Waals surface area (Å²) in [5.41, 5.74) is 0.464. The predicted molar refractivity (Wildman–Crippen MR) is 120 cm³/mol. The molecule has 0 aliphatic heterocycles. The number of amides is 3. The molecule has 0 spiro atoms. The Balaban J connectivity index is 1.44. The molecule has 4 rings (SSSR count). The smallest absolute Gasteiger partial charge is 0.315 e. The summed E-state index contributed by atoms with van der Waals surface area (Å²) in [6.07, 6.45) is 2.91. The number of aromatic nitrogens is 2. The van der Waals surface area contributed by atoms with Crippen LogP contribution in [0.15, 0.2) is 46.6 Å². The topological polar surface area (TPSA) is 107 Å². The maximum absolute atomic E-state index is 13.3. The maximum Gasteiger partial charge on any atom is 0.315 e. The number of rotatable bonds is 6. The number of benzene rings is 1. The molecule has 0 bridgehead atoms. The Morgan fingerprint density at radius 3 is 2.68 bits per heavy atom. The molecule has 3 amide bonds. The lowest BCUT2D eigenvalue weighted by Gasteiger charge is -2.33. The van der Waals surface area contributed by atoms with E-state index in [0.29, 0.717) is 35.4 Å². The number of hydrogen-bond acceptors (Lipinski definition) is 5. The van der Waals surface area contributed by atoms with Crippen molar-refractivity contribution in [3.8, 4) is 0 Å². The number of likely N-dealkylation sites (N-methyl/N-ethyl adjacent to an activating group) is 1. The molecule has 1 saturated carbocycles. The minimum absolute atomic E-state index is 0.162. The number of fused-ring (bicyclic) bond motifs is 1. The quantitative estimate of drug-likeness (QED) is 0.549. The van der Waals surface area contributed by atoms with Crippen molar-refractivity contribution in [2.24, 2.45) is 0 Å². The Kier molecular flexibility index (Phi) is 6.03. The van der Waals surface area contributed by atoms with Crippen LogP contribution in [0.1, 0.15) is 37.1 Å². The minimum Gasteiger partial charge on any atom is -0.336 e. The summed E-state index contributed by atoms with van der Waals surface area (Å²) >= 11 is 1.34. The molecule has 8 nitrogen and oxygen atoms in total. The van der Waals surface area contributed by atoms with Gasteiger partial charge in [-0.3, -0.25) is 9.59 Å². The van der Waals surface area contributed by atoms with Crippen molar-refractivity contribution in [2.45, 2.75) is 44.3 Å². The molecule has 9 heteroatoms. The van der Waals surface area contributed by atoms with Gasteiger partial charge in [-0.2, -0.15) is 0 Å². The standard InChI is InChI=1S/C22H25N5O3S/c1-27(14-17-24-16-9-12-31-18(16)19(28)25-17)20(29)22(10-5-6-11-22)26-21(30)23-13-15-7-3-2-4-8-15/h2-4,7-9,12H,5-6,10-11,13-14H2,1H3,(H2,23,26,30)(H,24,25,28). The number of aromatic amines is 1. The number of nitrogens with zero attached hydrogens (tertiary/aromatic N) is 2. The number of H-pyrrole nitrogens is 1. The normalized spacial score (nSPS) is 15.0. The largest absolute Gasteiger partial charge is 0.336 e. The first-order valence-corrected chi connectivity index (χ1v) is 11.2. The van der Waals surface area contributed by atoms with E-state index >= 15 is 0 Å². The second-order valence-electron chi connectivity index (χ2n) is 7.89. The fourth-order valence-corrected chi connectivity index (χ4v) is 4.79. The summed E-state index contributed by atoms with van der Waals surface area (Å²) < 4.78 is 0.571. The zero-order valence-corrected chi connectivity index (χ0v) is 18.1. The Hall–Kier alpha value is -3.20. The first-order valence-electron chi connectivity index (χ1n) is 10.3. The van der Waals surface area contributed by atoms with Crippen molar-refractivity contribution < 1.29 is 9.59 Å². The van der Waals surface area contributed by atoms with Crippen molar-refractivity contribution in [3.05, 3.63) is 63.5 Å². The molecule has 0 saturated heterocycles. The van der Waals surface area contributed by atoms with E-state index < -0.39 is 5.54 Å². The molecule has 31 heavy (non-hydrogen) atoms. The second-order valence-corrected chi connectivity index (χ2v) is 8.81. The minimum atomic E-state index is -0.942. The Morgan fingerprint density at radius 1 is 1.19 bits per heavy atom. The van der Waals surface area contributed by atoms with Gasteiger partial charge in [-0.1, -0.05) is 43.2 Å². The average Bonchev–Trinajstić information content (AvgIpc) is 3.43. The Labute approximate surface area is 183 Å². The van der Waals surface area contributed by atoms with Gasteiger partial charge < -0.3 is 20.5 Å². The summed E-state index contributed by atoms with van der Waals surface area (Å²) in [5, 5.41) is 7.59. The van der Waals surface area contributed by atoms with E-state index in [9.17, 15) is 14.4 Å². The number of thiophene rings is 1. The van der Waals surface area contributed by atoms with Gasteiger partial charge in [-0.25, -0.2) is 9.78 Å². The molecule has 1 aliphatic rings. The third-order valence-corrected chi connectivity index (χ3v) is 6.52. The van der Waals surface area contributed by atoms with Gasteiger partial charge in [0.2, 0.25) is 5.91 Å². The van der Waals surface area contributed by atoms with Crippen molar-refractivity contribution in [1.29, 1.82) is 0 Å². The fourth-order valence-electron chi connectivity index (χ4n) is 4.07. The summed E-state index contributed by atoms with van der Waals surface area (Å²) in [6, 6.07) is 11.0. The van der Waals surface area contributed by atoms with E-state index in [1.807, 2.05) is 35.7 Å². The summed E-state index contributed by atoms with van der Waals surface area (Å²) in [7, 11) is 1.67. The number of carbonyl (C=O) groups is 2. The van der Waals surface area contributed by atoms with Gasteiger partial charge in [-0.05, 0) is 29.9 Å². The van der Waals surface area contributed by atoms with Crippen LogP contribution in [0, 0.1) is 0 Å². The summed E-state index contributed by atoms with van der Waals surface area (Å²) in [5.74, 6) is 0.251. The molecule has 2 aromatic heterocycles. The SMILES string of the molecule is CN(Cc1nc2ccsc2c(=O)[nH]1)C(=O)C1(NC(=O)NCc2ccccc2)CCCC1. The monoisotopic (exact) mass is 439 g/mol. The van der Waals surface area contributed by atoms with Gasteiger partial charge in [0.1, 0.15) is 16.1 Å². The highest BCUT2D eigenvalue weighted by molar-refractivity contribution is 7.17. The Morgan fingerprint density at radius 2 is 1.94 bits per heavy atom. The highest BCUT2D eigenvalue weighted by Gasteiger charge is 2.44. The van der Waals surface area contributed by atoms with Crippen molar-refractivity contribution >= 4 is 33.5 Å². The predicted octanol–water partition coefficient (Wildman–Crippen LogP) is 2.76. The van der Waals surface area contributed by atoms with Gasteiger partial charge >= 0.3 is 6.03 Å². The van der Waals surface area contributed by atoms with Gasteiger partial charge in [0.15, 0.2) is 0 Å². The van der Waals surface area contributed by atoms with Crippen LogP contribution in [-0.4, -0.2) is 39.4 Å². The number of urea groups is 1. The molecule has 1 aromatic carbocycles. The lowest BCUT2D eigenvalue weighted by molar-refractivity contribution is -0.137. The van der Waals surface area contributed by atoms with Gasteiger partial charge in [0, 0.05) is 13.6 Å². The molecule has 0 atom stereocenters. The number of hydrogen-bond donors (Lipinski definition) is 3. The first kappa shape index (κ1) is 21.0. The van der Waals surface area contributed by atoms with E-state index in [1.54, 1.807) is 13.1 Å². The zero-order valence-electron chi connectivity index (χ0n) is 17.3. The third kappa shape index (κ3) is 4.61. The van der Waals surface area contributed by atoms with Crippen molar-refractivity contribution in [2.75, 3.05) is 7.05 Å². The fraction of sp³-hybridized carbons (Fsp3) is 0.364. The molecule has 0 radical (unpaired) electrons. The van der Waals surface area contributed by atoms with E-state index in [4.69, 9.17) is 0 Å². The molecule has 1 aliphatic carbocycles. The lowest BCUT2D eigenvalue weighted by atomic mass is 9.95. The summed E-state index contributed by atoms with van der Waals surface area (Å²) in [4.78, 5) is 46.9. The van der Waals surface area contributed by atoms with E-state index in [2.05, 4.69) is 20.6 Å². The maximum atomic E-state index is 13.3. The molecular formula is C22H25N5O3S. The molecule has 2 heterocycles. The molecule has 1 fully saturated rings. The Bertz CT molecular complexity index is 1130. The zero-order chi connectivity index (χ0) is 21.8. The van der Waals surface area contributed by atoms with Crippen molar-refractivity contribution in [3.63, 3.8) is 0 Å². The van der Waals surface area contributed by atoms with Gasteiger partial charge in [0.05, 0.1) is 12.1 Å². The molecular weight excluding hydrogens is 414 g/mol. The van der Waals surface area contributed by atoms with Gasteiger partial charge in [-0.15, -0.1) is 11.3 Å². The molecule has 162 valence electrons. The van der Waals surface area contributed by atoms with Gasteiger partial charge in [0.25, 0.3) is 5.56 Å².